The summed E-state index contributed by atoms with van der Waals surface area (Å²) in [6.07, 6.45) is 0.582. The molecule has 1 atom stereocenters. The average Bonchev–Trinajstić information content (AvgIpc) is 2.39. The molecule has 1 rings (SSSR count). The summed E-state index contributed by atoms with van der Waals surface area (Å²) in [7, 11) is 1.09. The minimum Gasteiger partial charge on any atom is -0.465 e. The fourth-order valence-corrected chi connectivity index (χ4v) is 1.35. The molecule has 0 bridgehead atoms. The molecule has 1 aromatic rings. The van der Waals surface area contributed by atoms with Crippen molar-refractivity contribution >= 4 is 17.6 Å². The number of hydrogen-bond acceptors (Lipinski definition) is 3. The highest BCUT2D eigenvalue weighted by Gasteiger charge is 2.19. The van der Waals surface area contributed by atoms with E-state index in [1.165, 1.54) is 0 Å². The van der Waals surface area contributed by atoms with E-state index in [-0.39, 0.29) is 11.6 Å². The Morgan fingerprint density at radius 1 is 1.32 bits per heavy atom. The lowest BCUT2D eigenvalue weighted by molar-refractivity contribution is -0.119. The molecule has 0 aliphatic carbocycles. The van der Waals surface area contributed by atoms with E-state index in [1.54, 1.807) is 6.92 Å². The van der Waals surface area contributed by atoms with Crippen molar-refractivity contribution in [1.82, 2.24) is 0 Å². The molecular formula is C13H15F2NO3. The number of benzene rings is 1. The molecule has 19 heavy (non-hydrogen) atoms. The molecule has 1 aromatic carbocycles. The van der Waals surface area contributed by atoms with Crippen LogP contribution in [0.5, 0.6) is 0 Å². The molecule has 4 nitrogen and oxygen atoms in total. The summed E-state index contributed by atoms with van der Waals surface area (Å²) in [6, 6.07) is 1.47. The van der Waals surface area contributed by atoms with Gasteiger partial charge in [-0.15, -0.1) is 0 Å². The van der Waals surface area contributed by atoms with Crippen molar-refractivity contribution in [3.8, 4) is 0 Å². The van der Waals surface area contributed by atoms with Crippen LogP contribution in [-0.2, 0) is 9.53 Å². The molecule has 0 saturated heterocycles. The molecule has 6 heteroatoms. The molecule has 0 spiro atoms. The Bertz CT molecular complexity index is 503. The maximum Gasteiger partial charge on any atom is 0.340 e. The number of ether oxygens (including phenoxy) is 1. The van der Waals surface area contributed by atoms with E-state index in [9.17, 15) is 18.4 Å². The lowest BCUT2D eigenvalue weighted by atomic mass is 10.1. The van der Waals surface area contributed by atoms with Crippen molar-refractivity contribution < 1.29 is 23.1 Å². The Labute approximate surface area is 109 Å². The van der Waals surface area contributed by atoms with Gasteiger partial charge in [0.05, 0.1) is 18.4 Å². The second-order valence-electron chi connectivity index (χ2n) is 4.10. The minimum atomic E-state index is -1.04. The molecule has 1 unspecified atom stereocenters. The topological polar surface area (TPSA) is 55.4 Å². The first-order chi connectivity index (χ1) is 8.90. The average molecular weight is 271 g/mol. The highest BCUT2D eigenvalue weighted by atomic mass is 19.1. The van der Waals surface area contributed by atoms with Gasteiger partial charge in [0, 0.05) is 12.0 Å². The summed E-state index contributed by atoms with van der Waals surface area (Å²) in [5, 5.41) is 2.32. The Morgan fingerprint density at radius 3 is 2.47 bits per heavy atom. The Morgan fingerprint density at radius 2 is 1.95 bits per heavy atom. The summed E-state index contributed by atoms with van der Waals surface area (Å²) in [4.78, 5) is 22.9. The van der Waals surface area contributed by atoms with Gasteiger partial charge < -0.3 is 10.1 Å². The zero-order valence-corrected chi connectivity index (χ0v) is 10.9. The van der Waals surface area contributed by atoms with Gasteiger partial charge in [0.2, 0.25) is 5.91 Å². The van der Waals surface area contributed by atoms with Gasteiger partial charge in [0.15, 0.2) is 0 Å². The van der Waals surface area contributed by atoms with Gasteiger partial charge in [0.1, 0.15) is 11.6 Å². The summed E-state index contributed by atoms with van der Waals surface area (Å²) in [6.45, 7) is 3.49. The van der Waals surface area contributed by atoms with Gasteiger partial charge in [-0.1, -0.05) is 13.8 Å². The Hall–Kier alpha value is -1.98. The van der Waals surface area contributed by atoms with E-state index in [4.69, 9.17) is 0 Å². The molecule has 1 amide bonds. The first-order valence-corrected chi connectivity index (χ1v) is 5.78. The summed E-state index contributed by atoms with van der Waals surface area (Å²) in [5.41, 5.74) is -0.671. The summed E-state index contributed by atoms with van der Waals surface area (Å²) in [5.74, 6) is -3.63. The number of carbonyl (C=O) groups excluding carboxylic acids is 2. The van der Waals surface area contributed by atoms with Crippen LogP contribution in [0.1, 0.15) is 30.6 Å². The van der Waals surface area contributed by atoms with Crippen molar-refractivity contribution in [2.75, 3.05) is 12.4 Å². The highest BCUT2D eigenvalue weighted by molar-refractivity contribution is 5.95. The zero-order chi connectivity index (χ0) is 14.6. The molecular weight excluding hydrogens is 256 g/mol. The molecule has 0 fully saturated rings. The molecule has 1 N–H and O–H groups in total. The first kappa shape index (κ1) is 15.1. The molecule has 0 aliphatic rings. The van der Waals surface area contributed by atoms with E-state index in [0.29, 0.717) is 12.5 Å². The number of hydrogen-bond donors (Lipinski definition) is 1. The summed E-state index contributed by atoms with van der Waals surface area (Å²) < 4.78 is 31.3. The van der Waals surface area contributed by atoms with E-state index in [1.807, 2.05) is 6.92 Å². The molecule has 0 saturated carbocycles. The number of nitrogens with one attached hydrogen (secondary N) is 1. The van der Waals surface area contributed by atoms with Crippen molar-refractivity contribution in [3.63, 3.8) is 0 Å². The molecule has 0 aromatic heterocycles. The van der Waals surface area contributed by atoms with Gasteiger partial charge in [-0.05, 0) is 12.5 Å². The van der Waals surface area contributed by atoms with E-state index in [2.05, 4.69) is 10.1 Å². The van der Waals surface area contributed by atoms with Crippen molar-refractivity contribution in [2.45, 2.75) is 20.3 Å². The van der Waals surface area contributed by atoms with Crippen LogP contribution < -0.4 is 5.32 Å². The van der Waals surface area contributed by atoms with Crippen LogP contribution in [0.3, 0.4) is 0 Å². The SMILES string of the molecule is CCC(C)C(=O)Nc1cc(C(=O)OC)c(F)cc1F. The van der Waals surface area contributed by atoms with E-state index >= 15 is 0 Å². The second kappa shape index (κ2) is 6.26. The maximum atomic E-state index is 13.5. The van der Waals surface area contributed by atoms with Crippen LogP contribution in [-0.4, -0.2) is 19.0 Å². The Balaban J connectivity index is 3.08. The minimum absolute atomic E-state index is 0.243. The normalized spacial score (nSPS) is 11.8. The molecule has 0 aliphatic heterocycles. The van der Waals surface area contributed by atoms with Crippen molar-refractivity contribution in [3.05, 3.63) is 29.3 Å². The number of amides is 1. The highest BCUT2D eigenvalue weighted by Crippen LogP contribution is 2.21. The second-order valence-corrected chi connectivity index (χ2v) is 4.10. The van der Waals surface area contributed by atoms with Crippen molar-refractivity contribution in [2.24, 2.45) is 5.92 Å². The van der Waals surface area contributed by atoms with Gasteiger partial charge in [0.25, 0.3) is 0 Å². The quantitative estimate of drug-likeness (QED) is 0.857. The van der Waals surface area contributed by atoms with Gasteiger partial charge in [-0.3, -0.25) is 4.79 Å². The van der Waals surface area contributed by atoms with Gasteiger partial charge in [-0.25, -0.2) is 13.6 Å². The van der Waals surface area contributed by atoms with Gasteiger partial charge in [-0.2, -0.15) is 0 Å². The zero-order valence-electron chi connectivity index (χ0n) is 10.9. The van der Waals surface area contributed by atoms with E-state index < -0.39 is 29.1 Å². The van der Waals surface area contributed by atoms with Crippen LogP contribution in [0.25, 0.3) is 0 Å². The smallest absolute Gasteiger partial charge is 0.340 e. The van der Waals surface area contributed by atoms with Crippen LogP contribution in [0, 0.1) is 17.6 Å². The van der Waals surface area contributed by atoms with Crippen molar-refractivity contribution in [1.29, 1.82) is 0 Å². The number of anilines is 1. The number of halogens is 2. The lowest BCUT2D eigenvalue weighted by Gasteiger charge is -2.12. The first-order valence-electron chi connectivity index (χ1n) is 5.78. The molecule has 104 valence electrons. The van der Waals surface area contributed by atoms with Crippen LogP contribution in [0.4, 0.5) is 14.5 Å². The lowest BCUT2D eigenvalue weighted by Crippen LogP contribution is -2.21. The van der Waals surface area contributed by atoms with Crippen LogP contribution in [0.2, 0.25) is 0 Å². The maximum absolute atomic E-state index is 13.5. The largest absolute Gasteiger partial charge is 0.465 e. The fourth-order valence-electron chi connectivity index (χ4n) is 1.35. The third-order valence-electron chi connectivity index (χ3n) is 2.78. The van der Waals surface area contributed by atoms with Crippen LogP contribution in [0.15, 0.2) is 12.1 Å². The molecule has 0 radical (unpaired) electrons. The standard InChI is InChI=1S/C13H15F2NO3/c1-4-7(2)12(17)16-11-5-8(13(18)19-3)9(14)6-10(11)15/h5-7H,4H2,1-3H3,(H,16,17). The molecule has 0 heterocycles. The fraction of sp³-hybridized carbons (Fsp3) is 0.385. The number of carbonyl (C=O) groups is 2. The third-order valence-corrected chi connectivity index (χ3v) is 2.78. The summed E-state index contributed by atoms with van der Waals surface area (Å²) >= 11 is 0. The predicted molar refractivity (Wildman–Crippen MR) is 65.8 cm³/mol. The number of esters is 1. The van der Waals surface area contributed by atoms with Crippen LogP contribution >= 0.6 is 0 Å². The van der Waals surface area contributed by atoms with E-state index in [0.717, 1.165) is 13.2 Å². The monoisotopic (exact) mass is 271 g/mol. The van der Waals surface area contributed by atoms with Gasteiger partial charge >= 0.3 is 5.97 Å². The Kier molecular flexibility index (Phi) is 4.97. The third kappa shape index (κ3) is 3.49. The number of methoxy groups -OCH3 is 1. The number of rotatable bonds is 4. The predicted octanol–water partition coefficient (Wildman–Crippen LogP) is 2.74.